The van der Waals surface area contributed by atoms with Gasteiger partial charge in [0.15, 0.2) is 0 Å². The van der Waals surface area contributed by atoms with Gasteiger partial charge in [0.25, 0.3) is 0 Å². The van der Waals surface area contributed by atoms with Crippen LogP contribution in [-0.2, 0) is 23.6 Å². The molecule has 1 aliphatic rings. The van der Waals surface area contributed by atoms with Crippen molar-refractivity contribution in [1.82, 2.24) is 8.87 Å². The van der Waals surface area contributed by atoms with E-state index in [0.717, 1.165) is 17.7 Å². The fourth-order valence-corrected chi connectivity index (χ4v) is 4.87. The highest BCUT2D eigenvalue weighted by Gasteiger charge is 2.39. The summed E-state index contributed by atoms with van der Waals surface area (Å²) < 4.78 is 28.5. The van der Waals surface area contributed by atoms with Crippen molar-refractivity contribution in [3.8, 4) is 0 Å². The van der Waals surface area contributed by atoms with Crippen LogP contribution >= 0.6 is 11.3 Å². The molecule has 0 bridgehead atoms. The Kier molecular flexibility index (Phi) is 3.84. The van der Waals surface area contributed by atoms with E-state index in [0.29, 0.717) is 6.54 Å². The average molecular weight is 340 g/mol. The minimum absolute atomic E-state index is 0.0144. The third-order valence-corrected chi connectivity index (χ3v) is 6.38. The zero-order valence-electron chi connectivity index (χ0n) is 12.0. The molecule has 0 spiro atoms. The Hall–Kier alpha value is -1.64. The van der Waals surface area contributed by atoms with Gasteiger partial charge in [0.1, 0.15) is 10.6 Å². The Balaban J connectivity index is 1.95. The minimum atomic E-state index is -3.69. The van der Waals surface area contributed by atoms with Crippen LogP contribution in [0.25, 0.3) is 0 Å². The predicted molar refractivity (Wildman–Crippen MR) is 82.4 cm³/mol. The molecule has 1 N–H and O–H groups in total. The summed E-state index contributed by atoms with van der Waals surface area (Å²) in [6.07, 6.45) is 3.06. The number of rotatable bonds is 6. The number of aryl methyl sites for hydroxylation is 1. The van der Waals surface area contributed by atoms with Gasteiger partial charge in [-0.3, -0.25) is 0 Å². The van der Waals surface area contributed by atoms with E-state index in [1.54, 1.807) is 0 Å². The van der Waals surface area contributed by atoms with Crippen LogP contribution in [0.3, 0.4) is 0 Å². The number of carboxylic acid groups (broad SMARTS) is 1. The van der Waals surface area contributed by atoms with Crippen molar-refractivity contribution in [2.75, 3.05) is 0 Å². The SMILES string of the molecule is Cn1cc(S(=O)(=O)N(Cc2cccs2)C2CC2)cc1C(=O)O. The monoisotopic (exact) mass is 340 g/mol. The highest BCUT2D eigenvalue weighted by atomic mass is 32.2. The summed E-state index contributed by atoms with van der Waals surface area (Å²) >= 11 is 1.52. The zero-order chi connectivity index (χ0) is 15.9. The van der Waals surface area contributed by atoms with E-state index < -0.39 is 16.0 Å². The van der Waals surface area contributed by atoms with E-state index in [1.807, 2.05) is 17.5 Å². The van der Waals surface area contributed by atoms with E-state index in [9.17, 15) is 13.2 Å². The van der Waals surface area contributed by atoms with Gasteiger partial charge in [0, 0.05) is 30.7 Å². The van der Waals surface area contributed by atoms with E-state index in [4.69, 9.17) is 5.11 Å². The maximum Gasteiger partial charge on any atom is 0.352 e. The van der Waals surface area contributed by atoms with E-state index in [-0.39, 0.29) is 16.6 Å². The molecule has 0 amide bonds. The third-order valence-electron chi connectivity index (χ3n) is 3.65. The number of hydrogen-bond donors (Lipinski definition) is 1. The van der Waals surface area contributed by atoms with Gasteiger partial charge in [-0.1, -0.05) is 6.07 Å². The lowest BCUT2D eigenvalue weighted by molar-refractivity contribution is 0.0686. The normalized spacial score (nSPS) is 15.4. The van der Waals surface area contributed by atoms with Crippen molar-refractivity contribution in [3.63, 3.8) is 0 Å². The van der Waals surface area contributed by atoms with E-state index in [1.165, 1.54) is 39.5 Å². The number of thiophene rings is 1. The lowest BCUT2D eigenvalue weighted by Gasteiger charge is -2.20. The van der Waals surface area contributed by atoms with Crippen molar-refractivity contribution < 1.29 is 18.3 Å². The van der Waals surface area contributed by atoms with Crippen LogP contribution in [0.2, 0.25) is 0 Å². The average Bonchev–Trinajstić information content (AvgIpc) is 2.98. The first-order valence-corrected chi connectivity index (χ1v) is 9.15. The lowest BCUT2D eigenvalue weighted by Crippen LogP contribution is -2.32. The molecule has 8 heteroatoms. The van der Waals surface area contributed by atoms with Gasteiger partial charge < -0.3 is 9.67 Å². The van der Waals surface area contributed by atoms with Gasteiger partial charge in [0.05, 0.1) is 0 Å². The first kappa shape index (κ1) is 15.3. The Morgan fingerprint density at radius 1 is 1.50 bits per heavy atom. The molecule has 0 saturated heterocycles. The molecule has 1 fully saturated rings. The maximum absolute atomic E-state index is 12.9. The summed E-state index contributed by atoms with van der Waals surface area (Å²) in [7, 11) is -2.16. The number of aromatic nitrogens is 1. The molecule has 0 aromatic carbocycles. The number of hydrogen-bond acceptors (Lipinski definition) is 4. The summed E-state index contributed by atoms with van der Waals surface area (Å²) in [5.41, 5.74) is -0.0366. The van der Waals surface area contributed by atoms with Crippen LogP contribution in [0.15, 0.2) is 34.7 Å². The summed E-state index contributed by atoms with van der Waals surface area (Å²) in [4.78, 5) is 12.1. The maximum atomic E-state index is 12.9. The van der Waals surface area contributed by atoms with Crippen molar-refractivity contribution in [2.24, 2.45) is 7.05 Å². The zero-order valence-corrected chi connectivity index (χ0v) is 13.6. The largest absolute Gasteiger partial charge is 0.477 e. The molecule has 22 heavy (non-hydrogen) atoms. The summed E-state index contributed by atoms with van der Waals surface area (Å²) in [6, 6.07) is 5.04. The van der Waals surface area contributed by atoms with Crippen LogP contribution < -0.4 is 0 Å². The fraction of sp³-hybridized carbons (Fsp3) is 0.357. The lowest BCUT2D eigenvalue weighted by atomic mass is 10.4. The Labute approximate surface area is 132 Å². The molecule has 2 heterocycles. The van der Waals surface area contributed by atoms with Crippen LogP contribution in [0, 0.1) is 0 Å². The molecule has 0 atom stereocenters. The molecule has 118 valence electrons. The first-order valence-electron chi connectivity index (χ1n) is 6.83. The molecule has 6 nitrogen and oxygen atoms in total. The minimum Gasteiger partial charge on any atom is -0.477 e. The Bertz CT molecular complexity index is 789. The van der Waals surface area contributed by atoms with Crippen molar-refractivity contribution in [1.29, 1.82) is 0 Å². The highest BCUT2D eigenvalue weighted by molar-refractivity contribution is 7.89. The molecule has 0 unspecified atom stereocenters. The molecule has 3 rings (SSSR count). The smallest absolute Gasteiger partial charge is 0.352 e. The van der Waals surface area contributed by atoms with E-state index in [2.05, 4.69) is 0 Å². The Morgan fingerprint density at radius 3 is 2.73 bits per heavy atom. The summed E-state index contributed by atoms with van der Waals surface area (Å²) in [5.74, 6) is -1.14. The third kappa shape index (κ3) is 2.81. The van der Waals surface area contributed by atoms with Gasteiger partial charge >= 0.3 is 5.97 Å². The number of sulfonamides is 1. The van der Waals surface area contributed by atoms with Crippen LogP contribution in [0.4, 0.5) is 0 Å². The molecule has 0 aliphatic heterocycles. The van der Waals surface area contributed by atoms with Gasteiger partial charge in [-0.15, -0.1) is 11.3 Å². The second kappa shape index (κ2) is 5.53. The number of aromatic carboxylic acids is 1. The fourth-order valence-electron chi connectivity index (χ4n) is 2.35. The van der Waals surface area contributed by atoms with Gasteiger partial charge in [-0.2, -0.15) is 4.31 Å². The van der Waals surface area contributed by atoms with Gasteiger partial charge in [-0.25, -0.2) is 13.2 Å². The summed E-state index contributed by atoms with van der Waals surface area (Å²) in [6.45, 7) is 0.335. The standard InChI is InChI=1S/C14H16N2O4S2/c1-15-9-12(7-13(15)14(17)18)22(19,20)16(10-4-5-10)8-11-3-2-6-21-11/h2-3,6-7,9-10H,4-5,8H2,1H3,(H,17,18). The van der Waals surface area contributed by atoms with Crippen LogP contribution in [-0.4, -0.2) is 34.4 Å². The Morgan fingerprint density at radius 2 is 2.23 bits per heavy atom. The molecule has 1 saturated carbocycles. The van der Waals surface area contributed by atoms with E-state index >= 15 is 0 Å². The number of carbonyl (C=O) groups is 1. The second-order valence-electron chi connectivity index (χ2n) is 5.34. The van der Waals surface area contributed by atoms with Gasteiger partial charge in [-0.05, 0) is 30.4 Å². The molecular formula is C14H16N2O4S2. The highest BCUT2D eigenvalue weighted by Crippen LogP contribution is 2.34. The molecule has 0 radical (unpaired) electrons. The first-order chi connectivity index (χ1) is 10.4. The predicted octanol–water partition coefficient (Wildman–Crippen LogP) is 2.14. The topological polar surface area (TPSA) is 79.6 Å². The molecule has 2 aromatic rings. The molecular weight excluding hydrogens is 324 g/mol. The quantitative estimate of drug-likeness (QED) is 0.874. The van der Waals surface area contributed by atoms with Crippen LogP contribution in [0.5, 0.6) is 0 Å². The number of nitrogens with zero attached hydrogens (tertiary/aromatic N) is 2. The van der Waals surface area contributed by atoms with Crippen molar-refractivity contribution in [3.05, 3.63) is 40.3 Å². The van der Waals surface area contributed by atoms with Crippen molar-refractivity contribution in [2.45, 2.75) is 30.3 Å². The number of carboxylic acids is 1. The van der Waals surface area contributed by atoms with Crippen molar-refractivity contribution >= 4 is 27.3 Å². The molecule has 2 aromatic heterocycles. The van der Waals surface area contributed by atoms with Crippen LogP contribution in [0.1, 0.15) is 28.2 Å². The molecule has 1 aliphatic carbocycles. The second-order valence-corrected chi connectivity index (χ2v) is 8.26. The van der Waals surface area contributed by atoms with Gasteiger partial charge in [0.2, 0.25) is 10.0 Å². The summed E-state index contributed by atoms with van der Waals surface area (Å²) in [5, 5.41) is 11.0.